The van der Waals surface area contributed by atoms with Crippen LogP contribution in [0.5, 0.6) is 0 Å². The van der Waals surface area contributed by atoms with Gasteiger partial charge in [-0.05, 0) is 42.8 Å². The maximum atomic E-state index is 5.79. The summed E-state index contributed by atoms with van der Waals surface area (Å²) >= 11 is 8.59. The number of hydrogen-bond acceptors (Lipinski definition) is 3. The number of nitrogens with two attached hydrogens (primary N) is 1. The van der Waals surface area contributed by atoms with Gasteiger partial charge in [-0.3, -0.25) is 0 Å². The Labute approximate surface area is 139 Å². The molecule has 2 rings (SSSR count). The summed E-state index contributed by atoms with van der Waals surface area (Å²) < 4.78 is 0.977. The van der Waals surface area contributed by atoms with E-state index < -0.39 is 0 Å². The fourth-order valence-corrected chi connectivity index (χ4v) is 2.70. The lowest BCUT2D eigenvalue weighted by atomic mass is 10.1. The molecule has 0 heterocycles. The highest BCUT2D eigenvalue weighted by atomic mass is 79.9. The lowest BCUT2D eigenvalue weighted by Gasteiger charge is -2.18. The number of rotatable bonds is 4. The van der Waals surface area contributed by atoms with Gasteiger partial charge in [0.2, 0.25) is 0 Å². The summed E-state index contributed by atoms with van der Waals surface area (Å²) in [5.41, 5.74) is 10.9. The second-order valence-electron chi connectivity index (χ2n) is 5.07. The number of aryl methyl sites for hydroxylation is 1. The fraction of sp³-hybridized carbons (Fsp3) is 0.188. The SMILES string of the molecule is Cc1ccc(Nc2cc(Br)ccc2C(N)=S)cc1N(C)C. The number of benzene rings is 2. The number of nitrogens with zero attached hydrogens (tertiary/aromatic N) is 1. The Morgan fingerprint density at radius 2 is 1.90 bits per heavy atom. The molecule has 0 amide bonds. The molecule has 3 N–H and O–H groups in total. The van der Waals surface area contributed by atoms with Crippen LogP contribution in [0.2, 0.25) is 0 Å². The monoisotopic (exact) mass is 363 g/mol. The molecular weight excluding hydrogens is 346 g/mol. The molecule has 0 bridgehead atoms. The molecule has 2 aromatic rings. The fourth-order valence-electron chi connectivity index (χ4n) is 2.16. The van der Waals surface area contributed by atoms with Gasteiger partial charge in [0.15, 0.2) is 0 Å². The van der Waals surface area contributed by atoms with Gasteiger partial charge in [-0.15, -0.1) is 0 Å². The van der Waals surface area contributed by atoms with E-state index >= 15 is 0 Å². The van der Waals surface area contributed by atoms with E-state index in [1.165, 1.54) is 11.3 Å². The first-order chi connectivity index (χ1) is 9.88. The number of halogens is 1. The normalized spacial score (nSPS) is 10.3. The molecule has 110 valence electrons. The van der Waals surface area contributed by atoms with Gasteiger partial charge in [0.05, 0.1) is 0 Å². The van der Waals surface area contributed by atoms with Gasteiger partial charge in [-0.1, -0.05) is 34.2 Å². The van der Waals surface area contributed by atoms with Crippen molar-refractivity contribution in [3.8, 4) is 0 Å². The number of hydrogen-bond donors (Lipinski definition) is 2. The average molecular weight is 364 g/mol. The molecule has 21 heavy (non-hydrogen) atoms. The van der Waals surface area contributed by atoms with E-state index in [9.17, 15) is 0 Å². The van der Waals surface area contributed by atoms with Crippen molar-refractivity contribution in [3.05, 3.63) is 52.0 Å². The minimum Gasteiger partial charge on any atom is -0.389 e. The molecule has 5 heteroatoms. The Morgan fingerprint density at radius 3 is 2.52 bits per heavy atom. The first-order valence-electron chi connectivity index (χ1n) is 6.53. The third-order valence-corrected chi connectivity index (χ3v) is 3.93. The summed E-state index contributed by atoms with van der Waals surface area (Å²) in [7, 11) is 4.07. The smallest absolute Gasteiger partial charge is 0.106 e. The van der Waals surface area contributed by atoms with Gasteiger partial charge in [-0.25, -0.2) is 0 Å². The third kappa shape index (κ3) is 3.74. The number of thiocarbonyl (C=S) groups is 1. The van der Waals surface area contributed by atoms with Crippen LogP contribution in [-0.4, -0.2) is 19.1 Å². The van der Waals surface area contributed by atoms with Crippen LogP contribution in [0.3, 0.4) is 0 Å². The van der Waals surface area contributed by atoms with Gasteiger partial charge in [0.1, 0.15) is 4.99 Å². The topological polar surface area (TPSA) is 41.3 Å². The zero-order valence-electron chi connectivity index (χ0n) is 12.3. The molecule has 0 aliphatic rings. The van der Waals surface area contributed by atoms with Crippen molar-refractivity contribution in [1.29, 1.82) is 0 Å². The zero-order valence-corrected chi connectivity index (χ0v) is 14.7. The van der Waals surface area contributed by atoms with Crippen molar-refractivity contribution in [3.63, 3.8) is 0 Å². The minimum atomic E-state index is 0.380. The molecule has 3 nitrogen and oxygen atoms in total. The molecule has 0 spiro atoms. The molecule has 0 unspecified atom stereocenters. The molecule has 0 fully saturated rings. The molecule has 0 aliphatic heterocycles. The number of nitrogens with one attached hydrogen (secondary N) is 1. The summed E-state index contributed by atoms with van der Waals surface area (Å²) in [6.45, 7) is 2.10. The first kappa shape index (κ1) is 15.8. The highest BCUT2D eigenvalue weighted by Crippen LogP contribution is 2.28. The summed E-state index contributed by atoms with van der Waals surface area (Å²) in [6.07, 6.45) is 0. The van der Waals surface area contributed by atoms with Crippen molar-refractivity contribution in [2.24, 2.45) is 5.73 Å². The van der Waals surface area contributed by atoms with E-state index in [1.54, 1.807) is 0 Å². The predicted octanol–water partition coefficient (Wildman–Crippen LogP) is 4.20. The largest absolute Gasteiger partial charge is 0.389 e. The van der Waals surface area contributed by atoms with E-state index in [2.05, 4.69) is 45.2 Å². The summed E-state index contributed by atoms with van der Waals surface area (Å²) in [4.78, 5) is 2.47. The number of anilines is 3. The Bertz CT molecular complexity index is 683. The van der Waals surface area contributed by atoms with Crippen molar-refractivity contribution >= 4 is 50.2 Å². The predicted molar refractivity (Wildman–Crippen MR) is 98.8 cm³/mol. The second kappa shape index (κ2) is 6.45. The van der Waals surface area contributed by atoms with Crippen LogP contribution in [-0.2, 0) is 0 Å². The van der Waals surface area contributed by atoms with Crippen LogP contribution in [0, 0.1) is 6.92 Å². The zero-order chi connectivity index (χ0) is 15.6. The Kier molecular flexibility index (Phi) is 4.85. The molecule has 0 saturated heterocycles. The second-order valence-corrected chi connectivity index (χ2v) is 6.43. The van der Waals surface area contributed by atoms with Crippen LogP contribution in [0.4, 0.5) is 17.1 Å². The van der Waals surface area contributed by atoms with Gasteiger partial charge < -0.3 is 16.0 Å². The third-order valence-electron chi connectivity index (χ3n) is 3.22. The summed E-state index contributed by atoms with van der Waals surface area (Å²) in [6, 6.07) is 12.1. The van der Waals surface area contributed by atoms with Crippen molar-refractivity contribution < 1.29 is 0 Å². The highest BCUT2D eigenvalue weighted by Gasteiger charge is 2.08. The summed E-state index contributed by atoms with van der Waals surface area (Å²) in [5, 5.41) is 3.39. The molecule has 2 aromatic carbocycles. The van der Waals surface area contributed by atoms with Crippen LogP contribution >= 0.6 is 28.1 Å². The highest BCUT2D eigenvalue weighted by molar-refractivity contribution is 9.10. The Hall–Kier alpha value is -1.59. The van der Waals surface area contributed by atoms with Crippen molar-refractivity contribution in [2.45, 2.75) is 6.92 Å². The van der Waals surface area contributed by atoms with Gasteiger partial charge in [0.25, 0.3) is 0 Å². The standard InChI is InChI=1S/C16H18BrN3S/c1-10-4-6-12(9-15(10)20(2)3)19-14-8-11(17)5-7-13(14)16(18)21/h4-9,19H,1-3H3,(H2,18,21). The summed E-state index contributed by atoms with van der Waals surface area (Å²) in [5.74, 6) is 0. The van der Waals surface area contributed by atoms with Crippen LogP contribution in [0.15, 0.2) is 40.9 Å². The first-order valence-corrected chi connectivity index (χ1v) is 7.73. The lowest BCUT2D eigenvalue weighted by Crippen LogP contribution is -2.12. The van der Waals surface area contributed by atoms with E-state index in [-0.39, 0.29) is 0 Å². The van der Waals surface area contributed by atoms with E-state index in [4.69, 9.17) is 18.0 Å². The molecular formula is C16H18BrN3S. The van der Waals surface area contributed by atoms with Crippen molar-refractivity contribution in [1.82, 2.24) is 0 Å². The molecule has 0 saturated carbocycles. The van der Waals surface area contributed by atoms with Gasteiger partial charge in [-0.2, -0.15) is 0 Å². The molecule has 0 aromatic heterocycles. The van der Waals surface area contributed by atoms with E-state index in [1.807, 2.05) is 38.4 Å². The Balaban J connectivity index is 2.40. The maximum absolute atomic E-state index is 5.79. The minimum absolute atomic E-state index is 0.380. The van der Waals surface area contributed by atoms with Crippen LogP contribution < -0.4 is 16.0 Å². The van der Waals surface area contributed by atoms with Crippen molar-refractivity contribution in [2.75, 3.05) is 24.3 Å². The van der Waals surface area contributed by atoms with Gasteiger partial charge >= 0.3 is 0 Å². The van der Waals surface area contributed by atoms with Crippen LogP contribution in [0.25, 0.3) is 0 Å². The van der Waals surface area contributed by atoms with Crippen LogP contribution in [0.1, 0.15) is 11.1 Å². The molecule has 0 radical (unpaired) electrons. The Morgan fingerprint density at radius 1 is 1.19 bits per heavy atom. The van der Waals surface area contributed by atoms with E-state index in [0.29, 0.717) is 4.99 Å². The maximum Gasteiger partial charge on any atom is 0.106 e. The average Bonchev–Trinajstić information content (AvgIpc) is 2.40. The molecule has 0 atom stereocenters. The molecule has 0 aliphatic carbocycles. The quantitative estimate of drug-likeness (QED) is 0.798. The van der Waals surface area contributed by atoms with Gasteiger partial charge in [0, 0.05) is 41.2 Å². The lowest BCUT2D eigenvalue weighted by molar-refractivity contribution is 1.11. The van der Waals surface area contributed by atoms with E-state index in [0.717, 1.165) is 21.4 Å².